The van der Waals surface area contributed by atoms with Crippen molar-refractivity contribution in [3.05, 3.63) is 17.0 Å². The van der Waals surface area contributed by atoms with E-state index in [1.807, 2.05) is 7.05 Å². The van der Waals surface area contributed by atoms with Gasteiger partial charge in [0.1, 0.15) is 12.3 Å². The smallest absolute Gasteiger partial charge is 0.168 e. The maximum absolute atomic E-state index is 5.18. The van der Waals surface area contributed by atoms with Crippen LogP contribution in [0.3, 0.4) is 0 Å². The largest absolute Gasteiger partial charge is 0.368 e. The Morgan fingerprint density at radius 2 is 2.45 bits per heavy atom. The molecule has 11 heavy (non-hydrogen) atoms. The maximum atomic E-state index is 5.18. The van der Waals surface area contributed by atoms with Gasteiger partial charge in [-0.15, -0.1) is 0 Å². The Labute approximate surface area is 64.5 Å². The molecule has 0 unspecified atom stereocenters. The first-order chi connectivity index (χ1) is 5.42. The summed E-state index contributed by atoms with van der Waals surface area (Å²) in [7, 11) is 1.89. The van der Waals surface area contributed by atoms with E-state index in [2.05, 4.69) is 10.5 Å². The molecule has 0 bridgehead atoms. The van der Waals surface area contributed by atoms with Gasteiger partial charge in [-0.25, -0.2) is 0 Å². The fourth-order valence-corrected chi connectivity index (χ4v) is 1.21. The molecule has 1 N–H and O–H groups in total. The van der Waals surface area contributed by atoms with E-state index in [9.17, 15) is 0 Å². The monoisotopic (exact) mass is 154 g/mol. The molecule has 0 radical (unpaired) electrons. The van der Waals surface area contributed by atoms with Crippen molar-refractivity contribution in [3.63, 3.8) is 0 Å². The summed E-state index contributed by atoms with van der Waals surface area (Å²) in [6, 6.07) is 0. The summed E-state index contributed by atoms with van der Waals surface area (Å²) in [5.41, 5.74) is 2.10. The lowest BCUT2D eigenvalue weighted by molar-refractivity contribution is 0.117. The fraction of sp³-hybridized carbons (Fsp3) is 0.571. The van der Waals surface area contributed by atoms with Crippen molar-refractivity contribution in [2.45, 2.75) is 19.8 Å². The summed E-state index contributed by atoms with van der Waals surface area (Å²) < 4.78 is 10.2. The van der Waals surface area contributed by atoms with E-state index in [4.69, 9.17) is 9.26 Å². The molecule has 60 valence electrons. The average molecular weight is 154 g/mol. The van der Waals surface area contributed by atoms with Crippen LogP contribution >= 0.6 is 0 Å². The minimum Gasteiger partial charge on any atom is -0.368 e. The second kappa shape index (κ2) is 2.64. The quantitative estimate of drug-likeness (QED) is 0.670. The van der Waals surface area contributed by atoms with E-state index in [-0.39, 0.29) is 0 Å². The van der Waals surface area contributed by atoms with Gasteiger partial charge in [0.25, 0.3) is 0 Å². The Kier molecular flexibility index (Phi) is 1.63. The zero-order valence-electron chi connectivity index (χ0n) is 6.39. The predicted octanol–water partition coefficient (Wildman–Crippen LogP) is 0.424. The number of fused-ring (bicyclic) bond motifs is 1. The molecule has 1 aliphatic heterocycles. The molecule has 0 fully saturated rings. The molecule has 0 amide bonds. The van der Waals surface area contributed by atoms with Crippen molar-refractivity contribution < 1.29 is 9.26 Å². The van der Waals surface area contributed by atoms with Crippen molar-refractivity contribution in [1.82, 2.24) is 10.5 Å². The summed E-state index contributed by atoms with van der Waals surface area (Å²) in [6.45, 7) is 1.98. The van der Waals surface area contributed by atoms with Gasteiger partial charge in [-0.05, 0) is 7.05 Å². The third-order valence-electron chi connectivity index (χ3n) is 1.77. The molecular weight excluding hydrogens is 144 g/mol. The van der Waals surface area contributed by atoms with E-state index >= 15 is 0 Å². The van der Waals surface area contributed by atoms with Crippen LogP contribution in [0.4, 0.5) is 0 Å². The molecule has 2 rings (SSSR count). The van der Waals surface area contributed by atoms with Crippen molar-refractivity contribution in [3.8, 4) is 0 Å². The summed E-state index contributed by atoms with van der Waals surface area (Å²) in [5.74, 6) is 0.884. The van der Waals surface area contributed by atoms with E-state index in [1.54, 1.807) is 0 Å². The first kappa shape index (κ1) is 6.82. The molecule has 0 atom stereocenters. The van der Waals surface area contributed by atoms with Gasteiger partial charge in [-0.3, -0.25) is 0 Å². The fourth-order valence-electron chi connectivity index (χ4n) is 1.21. The molecule has 0 saturated heterocycles. The zero-order chi connectivity index (χ0) is 7.68. The molecule has 0 aliphatic carbocycles. The minimum atomic E-state index is 0.575. The van der Waals surface area contributed by atoms with Crippen LogP contribution in [0.1, 0.15) is 17.0 Å². The number of hydrogen-bond donors (Lipinski definition) is 1. The van der Waals surface area contributed by atoms with Crippen LogP contribution in [0.15, 0.2) is 4.52 Å². The molecule has 0 aromatic carbocycles. The van der Waals surface area contributed by atoms with E-state index in [0.717, 1.165) is 23.6 Å². The summed E-state index contributed by atoms with van der Waals surface area (Å²) in [4.78, 5) is 0. The third-order valence-corrected chi connectivity index (χ3v) is 1.77. The van der Waals surface area contributed by atoms with Crippen molar-refractivity contribution in [2.24, 2.45) is 0 Å². The van der Waals surface area contributed by atoms with Crippen molar-refractivity contribution >= 4 is 0 Å². The summed E-state index contributed by atoms with van der Waals surface area (Å²) in [6.07, 6.45) is 0. The normalized spacial score (nSPS) is 15.4. The molecule has 4 heteroatoms. The Hall–Kier alpha value is -0.870. The van der Waals surface area contributed by atoms with Gasteiger partial charge in [-0.1, -0.05) is 5.16 Å². The van der Waals surface area contributed by atoms with E-state index < -0.39 is 0 Å². The lowest BCUT2D eigenvalue weighted by Gasteiger charge is -1.93. The third kappa shape index (κ3) is 1.04. The minimum absolute atomic E-state index is 0.575. The molecular formula is C7H10N2O2. The number of ether oxygens (including phenoxy) is 1. The first-order valence-electron chi connectivity index (χ1n) is 3.60. The van der Waals surface area contributed by atoms with Gasteiger partial charge in [0.2, 0.25) is 0 Å². The van der Waals surface area contributed by atoms with Crippen LogP contribution in [-0.2, 0) is 24.5 Å². The van der Waals surface area contributed by atoms with E-state index in [1.165, 1.54) is 0 Å². The highest BCUT2D eigenvalue weighted by Gasteiger charge is 2.20. The van der Waals surface area contributed by atoms with Gasteiger partial charge >= 0.3 is 0 Å². The highest BCUT2D eigenvalue weighted by Crippen LogP contribution is 2.22. The molecule has 2 heterocycles. The number of aromatic nitrogens is 1. The molecule has 0 saturated carbocycles. The Bertz CT molecular complexity index is 257. The van der Waals surface area contributed by atoms with Crippen LogP contribution in [0.5, 0.6) is 0 Å². The van der Waals surface area contributed by atoms with Gasteiger partial charge in [0.05, 0.1) is 6.61 Å². The standard InChI is InChI=1S/C7H10N2O2/c1-8-2-6-5-3-10-4-7(5)11-9-6/h8H,2-4H2,1H3. The molecule has 0 spiro atoms. The lowest BCUT2D eigenvalue weighted by atomic mass is 10.2. The predicted molar refractivity (Wildman–Crippen MR) is 37.8 cm³/mol. The summed E-state index contributed by atoms with van der Waals surface area (Å²) in [5, 5.41) is 6.93. The maximum Gasteiger partial charge on any atom is 0.168 e. The topological polar surface area (TPSA) is 47.3 Å². The number of nitrogens with zero attached hydrogens (tertiary/aromatic N) is 1. The SMILES string of the molecule is CNCc1noc2c1COC2. The van der Waals surface area contributed by atoms with Crippen molar-refractivity contribution in [1.29, 1.82) is 0 Å². The van der Waals surface area contributed by atoms with Crippen LogP contribution in [0, 0.1) is 0 Å². The molecule has 4 nitrogen and oxygen atoms in total. The highest BCUT2D eigenvalue weighted by molar-refractivity contribution is 5.23. The van der Waals surface area contributed by atoms with Crippen LogP contribution in [0.25, 0.3) is 0 Å². The van der Waals surface area contributed by atoms with Gasteiger partial charge < -0.3 is 14.6 Å². The Morgan fingerprint density at radius 1 is 1.55 bits per heavy atom. The molecule has 1 aromatic rings. The van der Waals surface area contributed by atoms with Gasteiger partial charge in [0, 0.05) is 12.1 Å². The highest BCUT2D eigenvalue weighted by atomic mass is 16.5. The van der Waals surface area contributed by atoms with Gasteiger partial charge in [-0.2, -0.15) is 0 Å². The van der Waals surface area contributed by atoms with E-state index in [0.29, 0.717) is 13.2 Å². The van der Waals surface area contributed by atoms with Crippen LogP contribution in [-0.4, -0.2) is 12.2 Å². The molecule has 1 aliphatic rings. The number of nitrogens with one attached hydrogen (secondary N) is 1. The number of rotatable bonds is 2. The first-order valence-corrected chi connectivity index (χ1v) is 3.60. The van der Waals surface area contributed by atoms with Crippen LogP contribution in [0.2, 0.25) is 0 Å². The average Bonchev–Trinajstić information content (AvgIpc) is 2.53. The zero-order valence-corrected chi connectivity index (χ0v) is 6.39. The Morgan fingerprint density at radius 3 is 3.27 bits per heavy atom. The second-order valence-electron chi connectivity index (χ2n) is 2.55. The van der Waals surface area contributed by atoms with Crippen LogP contribution < -0.4 is 5.32 Å². The summed E-state index contributed by atoms with van der Waals surface area (Å²) >= 11 is 0. The molecule has 1 aromatic heterocycles. The van der Waals surface area contributed by atoms with Gasteiger partial charge in [0.15, 0.2) is 5.76 Å². The number of hydrogen-bond acceptors (Lipinski definition) is 4. The second-order valence-corrected chi connectivity index (χ2v) is 2.55. The Balaban J connectivity index is 2.27. The lowest BCUT2D eigenvalue weighted by Crippen LogP contribution is -2.07. The van der Waals surface area contributed by atoms with Crippen molar-refractivity contribution in [2.75, 3.05) is 7.05 Å².